The number of nitrogens with one attached hydrogen (secondary N) is 2. The highest BCUT2D eigenvalue weighted by Crippen LogP contribution is 2.16. The molecule has 0 bridgehead atoms. The average molecular weight is 334 g/mol. The fourth-order valence-electron chi connectivity index (χ4n) is 1.75. The molecule has 6 nitrogen and oxygen atoms in total. The standard InChI is InChI=1S/C14H12ClN5OS/c15-10-3-5-11(6-4-10)16-12(21)9-22-14-17-13(18-19-14)20-7-1-2-8-20/h1-8H,9H2,(H,16,21)(H,17,18,19). The number of carbonyl (C=O) groups is 1. The molecule has 2 heterocycles. The number of thioether (sulfide) groups is 1. The van der Waals surface area contributed by atoms with Crippen molar-refractivity contribution in [2.45, 2.75) is 5.16 Å². The normalized spacial score (nSPS) is 10.6. The molecule has 0 saturated carbocycles. The average Bonchev–Trinajstić information content (AvgIpc) is 3.18. The minimum absolute atomic E-state index is 0.125. The fourth-order valence-corrected chi connectivity index (χ4v) is 2.47. The first-order valence-electron chi connectivity index (χ1n) is 6.45. The lowest BCUT2D eigenvalue weighted by molar-refractivity contribution is -0.113. The Morgan fingerprint density at radius 2 is 2.00 bits per heavy atom. The van der Waals surface area contributed by atoms with Crippen LogP contribution >= 0.6 is 23.4 Å². The summed E-state index contributed by atoms with van der Waals surface area (Å²) in [6.45, 7) is 0. The molecule has 0 spiro atoms. The molecule has 22 heavy (non-hydrogen) atoms. The molecule has 0 atom stereocenters. The first kappa shape index (κ1) is 14.7. The number of aromatic amines is 1. The summed E-state index contributed by atoms with van der Waals surface area (Å²) < 4.78 is 1.81. The maximum atomic E-state index is 11.9. The Morgan fingerprint density at radius 3 is 2.73 bits per heavy atom. The summed E-state index contributed by atoms with van der Waals surface area (Å²) >= 11 is 7.06. The quantitative estimate of drug-likeness (QED) is 0.704. The summed E-state index contributed by atoms with van der Waals surface area (Å²) in [5, 5.41) is 10.8. The van der Waals surface area contributed by atoms with E-state index < -0.39 is 0 Å². The first-order valence-corrected chi connectivity index (χ1v) is 7.81. The number of nitrogens with zero attached hydrogens (tertiary/aromatic N) is 3. The van der Waals surface area contributed by atoms with Crippen molar-refractivity contribution < 1.29 is 4.79 Å². The molecule has 0 unspecified atom stereocenters. The van der Waals surface area contributed by atoms with Gasteiger partial charge in [-0.1, -0.05) is 23.4 Å². The number of hydrogen-bond donors (Lipinski definition) is 2. The van der Waals surface area contributed by atoms with Crippen LogP contribution in [-0.4, -0.2) is 31.4 Å². The maximum absolute atomic E-state index is 11.9. The van der Waals surface area contributed by atoms with E-state index in [1.165, 1.54) is 11.8 Å². The van der Waals surface area contributed by atoms with E-state index in [0.717, 1.165) is 0 Å². The Hall–Kier alpha value is -2.25. The first-order chi connectivity index (χ1) is 10.7. The Bertz CT molecular complexity index is 754. The smallest absolute Gasteiger partial charge is 0.234 e. The van der Waals surface area contributed by atoms with Crippen LogP contribution in [0.25, 0.3) is 5.95 Å². The van der Waals surface area contributed by atoms with Gasteiger partial charge in [0.1, 0.15) is 0 Å². The highest BCUT2D eigenvalue weighted by Gasteiger charge is 2.08. The van der Waals surface area contributed by atoms with Gasteiger partial charge in [0, 0.05) is 23.1 Å². The van der Waals surface area contributed by atoms with Crippen molar-refractivity contribution in [1.29, 1.82) is 0 Å². The van der Waals surface area contributed by atoms with E-state index >= 15 is 0 Å². The molecule has 8 heteroatoms. The monoisotopic (exact) mass is 333 g/mol. The van der Waals surface area contributed by atoms with E-state index in [1.54, 1.807) is 24.3 Å². The number of hydrogen-bond acceptors (Lipinski definition) is 4. The van der Waals surface area contributed by atoms with E-state index in [1.807, 2.05) is 29.1 Å². The Morgan fingerprint density at radius 1 is 1.27 bits per heavy atom. The number of rotatable bonds is 5. The van der Waals surface area contributed by atoms with Gasteiger partial charge in [-0.25, -0.2) is 5.10 Å². The summed E-state index contributed by atoms with van der Waals surface area (Å²) in [7, 11) is 0. The number of H-pyrrole nitrogens is 1. The van der Waals surface area contributed by atoms with Gasteiger partial charge in [0.15, 0.2) is 0 Å². The predicted molar refractivity (Wildman–Crippen MR) is 86.5 cm³/mol. The van der Waals surface area contributed by atoms with E-state index in [2.05, 4.69) is 20.5 Å². The van der Waals surface area contributed by atoms with Crippen LogP contribution in [0.1, 0.15) is 0 Å². The molecule has 1 aromatic carbocycles. The van der Waals surface area contributed by atoms with Crippen LogP contribution in [0.4, 0.5) is 5.69 Å². The number of anilines is 1. The van der Waals surface area contributed by atoms with Crippen LogP contribution in [0.5, 0.6) is 0 Å². The zero-order valence-corrected chi connectivity index (χ0v) is 12.9. The minimum atomic E-state index is -0.125. The van der Waals surface area contributed by atoms with E-state index in [0.29, 0.717) is 21.8 Å². The summed E-state index contributed by atoms with van der Waals surface area (Å²) in [5.74, 6) is 0.719. The molecule has 0 saturated heterocycles. The molecule has 112 valence electrons. The van der Waals surface area contributed by atoms with Crippen LogP contribution in [0, 0.1) is 0 Å². The summed E-state index contributed by atoms with van der Waals surface area (Å²) in [5.41, 5.74) is 0.706. The molecule has 0 radical (unpaired) electrons. The topological polar surface area (TPSA) is 75.6 Å². The van der Waals surface area contributed by atoms with Crippen LogP contribution in [-0.2, 0) is 4.79 Å². The summed E-state index contributed by atoms with van der Waals surface area (Å²) in [6, 6.07) is 10.7. The van der Waals surface area contributed by atoms with Gasteiger partial charge < -0.3 is 5.32 Å². The summed E-state index contributed by atoms with van der Waals surface area (Å²) in [6.07, 6.45) is 3.73. The van der Waals surface area contributed by atoms with Crippen LogP contribution in [0.2, 0.25) is 5.02 Å². The molecular weight excluding hydrogens is 322 g/mol. The van der Waals surface area contributed by atoms with Gasteiger partial charge in [-0.3, -0.25) is 9.36 Å². The number of amides is 1. The van der Waals surface area contributed by atoms with Crippen LogP contribution < -0.4 is 5.32 Å². The van der Waals surface area contributed by atoms with Gasteiger partial charge >= 0.3 is 0 Å². The number of carbonyl (C=O) groups excluding carboxylic acids is 1. The second-order valence-corrected chi connectivity index (χ2v) is 5.75. The third-order valence-corrected chi connectivity index (χ3v) is 3.86. The van der Waals surface area contributed by atoms with E-state index in [9.17, 15) is 4.79 Å². The number of aromatic nitrogens is 4. The molecule has 0 fully saturated rings. The van der Waals surface area contributed by atoms with Crippen molar-refractivity contribution in [3.8, 4) is 5.95 Å². The Kier molecular flexibility index (Phi) is 4.45. The predicted octanol–water partition coefficient (Wildman–Crippen LogP) is 2.98. The molecular formula is C14H12ClN5OS. The van der Waals surface area contributed by atoms with E-state index in [-0.39, 0.29) is 11.7 Å². The minimum Gasteiger partial charge on any atom is -0.325 e. The number of halogens is 1. The Balaban J connectivity index is 1.54. The molecule has 2 aromatic heterocycles. The largest absolute Gasteiger partial charge is 0.325 e. The number of benzene rings is 1. The molecule has 0 aliphatic rings. The molecule has 0 aliphatic carbocycles. The zero-order valence-electron chi connectivity index (χ0n) is 11.4. The van der Waals surface area contributed by atoms with Crippen molar-refractivity contribution in [1.82, 2.24) is 19.7 Å². The van der Waals surface area contributed by atoms with Gasteiger partial charge in [0.2, 0.25) is 17.0 Å². The van der Waals surface area contributed by atoms with Crippen molar-refractivity contribution >= 4 is 35.0 Å². The second kappa shape index (κ2) is 6.67. The van der Waals surface area contributed by atoms with Crippen molar-refractivity contribution in [3.05, 3.63) is 53.8 Å². The Labute approximate surface area is 135 Å². The van der Waals surface area contributed by atoms with Crippen molar-refractivity contribution in [2.24, 2.45) is 0 Å². The van der Waals surface area contributed by atoms with Gasteiger partial charge in [-0.15, -0.1) is 5.10 Å². The lowest BCUT2D eigenvalue weighted by Gasteiger charge is -2.03. The molecule has 2 N–H and O–H groups in total. The highest BCUT2D eigenvalue weighted by atomic mass is 35.5. The van der Waals surface area contributed by atoms with Gasteiger partial charge in [-0.05, 0) is 36.4 Å². The lowest BCUT2D eigenvalue weighted by atomic mass is 10.3. The van der Waals surface area contributed by atoms with Gasteiger partial charge in [0.05, 0.1) is 5.75 Å². The third kappa shape index (κ3) is 3.69. The second-order valence-electron chi connectivity index (χ2n) is 4.38. The van der Waals surface area contributed by atoms with Gasteiger partial charge in [-0.2, -0.15) is 4.98 Å². The zero-order chi connectivity index (χ0) is 15.4. The lowest BCUT2D eigenvalue weighted by Crippen LogP contribution is -2.13. The molecule has 3 rings (SSSR count). The summed E-state index contributed by atoms with van der Waals surface area (Å²) in [4.78, 5) is 16.2. The SMILES string of the molecule is O=C(CSc1n[nH]c(-n2cccc2)n1)Nc1ccc(Cl)cc1. The third-order valence-electron chi connectivity index (χ3n) is 2.76. The molecule has 0 aliphatic heterocycles. The van der Waals surface area contributed by atoms with Crippen molar-refractivity contribution in [3.63, 3.8) is 0 Å². The van der Waals surface area contributed by atoms with Crippen LogP contribution in [0.3, 0.4) is 0 Å². The molecule has 3 aromatic rings. The highest BCUT2D eigenvalue weighted by molar-refractivity contribution is 7.99. The maximum Gasteiger partial charge on any atom is 0.234 e. The molecule has 1 amide bonds. The fraction of sp³-hybridized carbons (Fsp3) is 0.0714. The van der Waals surface area contributed by atoms with Gasteiger partial charge in [0.25, 0.3) is 0 Å². The van der Waals surface area contributed by atoms with Crippen molar-refractivity contribution in [2.75, 3.05) is 11.1 Å². The van der Waals surface area contributed by atoms with E-state index in [4.69, 9.17) is 11.6 Å². The van der Waals surface area contributed by atoms with Crippen LogP contribution in [0.15, 0.2) is 53.9 Å².